The van der Waals surface area contributed by atoms with Crippen LogP contribution < -0.4 is 4.74 Å². The van der Waals surface area contributed by atoms with Gasteiger partial charge in [0.1, 0.15) is 47.0 Å². The highest BCUT2D eigenvalue weighted by molar-refractivity contribution is 5.82. The molecule has 0 spiro atoms. The van der Waals surface area contributed by atoms with E-state index in [2.05, 4.69) is 0 Å². The van der Waals surface area contributed by atoms with Crippen molar-refractivity contribution in [2.45, 2.75) is 45.6 Å². The number of phenolic OH excluding ortho intramolecular Hbond substituents is 5. The molecule has 0 saturated carbocycles. The van der Waals surface area contributed by atoms with E-state index in [4.69, 9.17) is 19.3 Å². The maximum Gasteiger partial charge on any atom is 0.317 e. The van der Waals surface area contributed by atoms with Gasteiger partial charge in [0.15, 0.2) is 0 Å². The van der Waals surface area contributed by atoms with Crippen LogP contribution in [-0.4, -0.2) is 50.0 Å². The second-order valence-electron chi connectivity index (χ2n) is 14.7. The fourth-order valence-electron chi connectivity index (χ4n) is 6.22. The fourth-order valence-corrected chi connectivity index (χ4v) is 6.22. The Morgan fingerprint density at radius 3 is 1.47 bits per heavy atom. The van der Waals surface area contributed by atoms with Gasteiger partial charge in [0.05, 0.1) is 19.4 Å². The molecular formula is C53H50O11. The molecule has 11 nitrogen and oxygen atoms in total. The van der Waals surface area contributed by atoms with Gasteiger partial charge in [-0.3, -0.25) is 14.4 Å². The van der Waals surface area contributed by atoms with Crippen molar-refractivity contribution in [1.82, 2.24) is 0 Å². The number of esters is 3. The smallest absolute Gasteiger partial charge is 0.317 e. The summed E-state index contributed by atoms with van der Waals surface area (Å²) in [6.45, 7) is 4.08. The van der Waals surface area contributed by atoms with Gasteiger partial charge in [-0.05, 0) is 119 Å². The van der Waals surface area contributed by atoms with Crippen molar-refractivity contribution in [1.29, 1.82) is 0 Å². The van der Waals surface area contributed by atoms with Gasteiger partial charge in [-0.1, -0.05) is 109 Å². The van der Waals surface area contributed by atoms with Gasteiger partial charge in [-0.15, -0.1) is 0 Å². The third kappa shape index (κ3) is 15.4. The second kappa shape index (κ2) is 23.8. The number of benzene rings is 7. The molecule has 0 atom stereocenters. The van der Waals surface area contributed by atoms with Crippen LogP contribution in [0, 0.1) is 13.8 Å². The monoisotopic (exact) mass is 862 g/mol. The van der Waals surface area contributed by atoms with E-state index in [1.165, 1.54) is 6.07 Å². The van der Waals surface area contributed by atoms with Crippen LogP contribution in [0.5, 0.6) is 34.5 Å². The Morgan fingerprint density at radius 2 is 0.938 bits per heavy atom. The van der Waals surface area contributed by atoms with Gasteiger partial charge in [-0.2, -0.15) is 0 Å². The van der Waals surface area contributed by atoms with E-state index in [-0.39, 0.29) is 72.7 Å². The maximum atomic E-state index is 12.8. The number of aromatic hydroxyl groups is 5. The molecule has 64 heavy (non-hydrogen) atoms. The van der Waals surface area contributed by atoms with Crippen LogP contribution >= 0.6 is 0 Å². The summed E-state index contributed by atoms with van der Waals surface area (Å²) < 4.78 is 15.9. The summed E-state index contributed by atoms with van der Waals surface area (Å²) in [7, 11) is 0. The van der Waals surface area contributed by atoms with Gasteiger partial charge in [0.2, 0.25) is 0 Å². The molecule has 0 radical (unpaired) electrons. The molecule has 0 saturated heterocycles. The molecule has 11 heteroatoms. The van der Waals surface area contributed by atoms with E-state index >= 15 is 0 Å². The first kappa shape index (κ1) is 47.0. The van der Waals surface area contributed by atoms with Crippen LogP contribution in [-0.2, 0) is 49.7 Å². The van der Waals surface area contributed by atoms with Gasteiger partial charge < -0.3 is 39.7 Å². The van der Waals surface area contributed by atoms with Crippen LogP contribution in [0.4, 0.5) is 0 Å². The lowest BCUT2D eigenvalue weighted by Crippen LogP contribution is -2.18. The minimum Gasteiger partial charge on any atom is -0.508 e. The normalized spacial score (nSPS) is 10.4. The Kier molecular flexibility index (Phi) is 17.5. The summed E-state index contributed by atoms with van der Waals surface area (Å²) in [5.41, 5.74) is 6.48. The Hall–Kier alpha value is -8.05. The Bertz CT molecular complexity index is 2460. The zero-order valence-corrected chi connectivity index (χ0v) is 35.5. The summed E-state index contributed by atoms with van der Waals surface area (Å²) in [4.78, 5) is 36.2. The molecule has 0 aliphatic carbocycles. The zero-order chi connectivity index (χ0) is 45.8. The molecular weight excluding hydrogens is 813 g/mol. The average Bonchev–Trinajstić information content (AvgIpc) is 3.29. The van der Waals surface area contributed by atoms with E-state index in [0.717, 1.165) is 38.9 Å². The summed E-state index contributed by atoms with van der Waals surface area (Å²) >= 11 is 0. The van der Waals surface area contributed by atoms with Crippen LogP contribution in [0.25, 0.3) is 0 Å². The lowest BCUT2D eigenvalue weighted by atomic mass is 9.91. The van der Waals surface area contributed by atoms with Gasteiger partial charge in [0.25, 0.3) is 0 Å². The molecule has 328 valence electrons. The predicted molar refractivity (Wildman–Crippen MR) is 242 cm³/mol. The van der Waals surface area contributed by atoms with Crippen LogP contribution in [0.3, 0.4) is 0 Å². The van der Waals surface area contributed by atoms with Gasteiger partial charge in [-0.25, -0.2) is 0 Å². The first-order valence-electron chi connectivity index (χ1n) is 20.4. The van der Waals surface area contributed by atoms with Crippen molar-refractivity contribution in [2.24, 2.45) is 0 Å². The van der Waals surface area contributed by atoms with Crippen LogP contribution in [0.1, 0.15) is 50.4 Å². The lowest BCUT2D eigenvalue weighted by Gasteiger charge is -2.17. The molecule has 0 fully saturated rings. The minimum absolute atomic E-state index is 0.126. The molecule has 0 bridgehead atoms. The average molecular weight is 863 g/mol. The Labute approximate surface area is 372 Å². The zero-order valence-electron chi connectivity index (χ0n) is 35.5. The topological polar surface area (TPSA) is 180 Å². The van der Waals surface area contributed by atoms with E-state index in [1.54, 1.807) is 117 Å². The number of ether oxygens (including phenoxy) is 3. The third-order valence-electron chi connectivity index (χ3n) is 9.70. The van der Waals surface area contributed by atoms with Gasteiger partial charge >= 0.3 is 17.9 Å². The molecule has 0 heterocycles. The highest BCUT2D eigenvalue weighted by Gasteiger charge is 2.24. The Morgan fingerprint density at radius 1 is 0.469 bits per heavy atom. The van der Waals surface area contributed by atoms with Crippen molar-refractivity contribution in [2.75, 3.05) is 6.61 Å². The lowest BCUT2D eigenvalue weighted by molar-refractivity contribution is -0.145. The predicted octanol–water partition coefficient (Wildman–Crippen LogP) is 9.56. The number of rotatable bonds is 13. The summed E-state index contributed by atoms with van der Waals surface area (Å²) in [6, 6.07) is 48.5. The highest BCUT2D eigenvalue weighted by atomic mass is 16.5. The number of aryl methyl sites for hydroxylation is 2. The fraction of sp³-hybridized carbons (Fsp3) is 0.151. The molecule has 0 aliphatic rings. The molecule has 5 N–H and O–H groups in total. The van der Waals surface area contributed by atoms with Crippen molar-refractivity contribution in [3.05, 3.63) is 214 Å². The first-order chi connectivity index (χ1) is 30.8. The minimum atomic E-state index is -0.619. The largest absolute Gasteiger partial charge is 0.508 e. The Balaban J connectivity index is 0.000000184. The molecule has 7 aromatic carbocycles. The standard InChI is InChI=1S/C22H20O4.C16H16O4.C15H14O3/c23-19-10-6-17(7-11-19)21(18-8-12-20(24)13-9-18)22(25)26-15-14-16-4-2-1-3-5-16;1-10-7-12(3-5-14(10)17)9-16(19)20-13-4-6-15(18)11(2)8-13;16-14-8-6-12(7-9-14)10-15(17)18-11-13-4-2-1-3-5-13/h1-13,21,23-24H,14-15H2;3-8,17-18H,9H2,1-2H3;1-9,16H,10-11H2. The summed E-state index contributed by atoms with van der Waals surface area (Å²) in [6.07, 6.45) is 0.985. The number of hydrogen-bond acceptors (Lipinski definition) is 11. The van der Waals surface area contributed by atoms with Crippen molar-refractivity contribution < 1.29 is 54.1 Å². The number of carbonyl (C=O) groups excluding carboxylic acids is 3. The van der Waals surface area contributed by atoms with Crippen LogP contribution in [0.2, 0.25) is 0 Å². The maximum absolute atomic E-state index is 12.8. The number of carbonyl (C=O) groups is 3. The molecule has 0 aliphatic heterocycles. The molecule has 0 aromatic heterocycles. The van der Waals surface area contributed by atoms with Crippen molar-refractivity contribution >= 4 is 17.9 Å². The molecule has 7 aromatic rings. The molecule has 0 amide bonds. The third-order valence-corrected chi connectivity index (χ3v) is 9.70. The highest BCUT2D eigenvalue weighted by Crippen LogP contribution is 2.29. The summed E-state index contributed by atoms with van der Waals surface area (Å²) in [5.74, 6) is -0.409. The number of phenols is 5. The van der Waals surface area contributed by atoms with E-state index in [9.17, 15) is 34.8 Å². The van der Waals surface area contributed by atoms with E-state index < -0.39 is 5.92 Å². The second-order valence-corrected chi connectivity index (χ2v) is 14.7. The summed E-state index contributed by atoms with van der Waals surface area (Å²) in [5, 5.41) is 47.0. The SMILES string of the molecule is Cc1cc(CC(=O)Oc2ccc(O)c(C)c2)ccc1O.O=C(Cc1ccc(O)cc1)OCc1ccccc1.O=C(OCCc1ccccc1)C(c1ccc(O)cc1)c1ccc(O)cc1. The van der Waals surface area contributed by atoms with Crippen LogP contribution in [0.15, 0.2) is 170 Å². The van der Waals surface area contributed by atoms with E-state index in [0.29, 0.717) is 17.7 Å². The number of hydrogen-bond donors (Lipinski definition) is 5. The van der Waals surface area contributed by atoms with E-state index in [1.807, 2.05) is 60.7 Å². The van der Waals surface area contributed by atoms with Crippen molar-refractivity contribution in [3.63, 3.8) is 0 Å². The van der Waals surface area contributed by atoms with Gasteiger partial charge in [0, 0.05) is 6.42 Å². The first-order valence-corrected chi connectivity index (χ1v) is 20.4. The molecule has 7 rings (SSSR count). The quantitative estimate of drug-likeness (QED) is 0.0551. The van der Waals surface area contributed by atoms with Crippen molar-refractivity contribution in [3.8, 4) is 34.5 Å². The molecule has 0 unspecified atom stereocenters.